The molecule has 0 unspecified atom stereocenters. The molecule has 2 aromatic heterocycles. The smallest absolute Gasteiger partial charge is 0.138 e. The van der Waals surface area contributed by atoms with Gasteiger partial charge in [0.15, 0.2) is 0 Å². The number of alkyl halides is 1. The molecular formula is C10H14FN5S2. The van der Waals surface area contributed by atoms with Crippen molar-refractivity contribution in [3.05, 3.63) is 22.2 Å². The normalized spacial score (nSPS) is 11.0. The van der Waals surface area contributed by atoms with Gasteiger partial charge in [0.2, 0.25) is 0 Å². The Kier molecular flexibility index (Phi) is 5.06. The molecule has 0 aliphatic heterocycles. The third kappa shape index (κ3) is 3.49. The van der Waals surface area contributed by atoms with Crippen molar-refractivity contribution in [3.8, 4) is 0 Å². The first-order valence-electron chi connectivity index (χ1n) is 5.65. The molecule has 0 aromatic carbocycles. The summed E-state index contributed by atoms with van der Waals surface area (Å²) in [6.45, 7) is 1.92. The molecule has 0 bridgehead atoms. The number of halogens is 1. The van der Waals surface area contributed by atoms with E-state index in [1.807, 2.05) is 0 Å². The lowest BCUT2D eigenvalue weighted by molar-refractivity contribution is 0.421. The van der Waals surface area contributed by atoms with E-state index in [-0.39, 0.29) is 6.54 Å². The van der Waals surface area contributed by atoms with Gasteiger partial charge in [-0.1, -0.05) is 6.92 Å². The number of hydrogen-bond acceptors (Lipinski definition) is 6. The molecule has 0 amide bonds. The van der Waals surface area contributed by atoms with Gasteiger partial charge in [-0.05, 0) is 6.42 Å². The molecule has 2 heterocycles. The predicted octanol–water partition coefficient (Wildman–Crippen LogP) is 2.09. The largest absolute Gasteiger partial charge is 0.249 e. The van der Waals surface area contributed by atoms with Gasteiger partial charge in [-0.15, -0.1) is 33.3 Å². The van der Waals surface area contributed by atoms with E-state index in [9.17, 15) is 4.39 Å². The number of aromatic nitrogens is 5. The zero-order valence-electron chi connectivity index (χ0n) is 10.0. The maximum atomic E-state index is 12.3. The number of nitrogens with zero attached hydrogens (tertiary/aromatic N) is 5. The Balaban J connectivity index is 1.82. The van der Waals surface area contributed by atoms with E-state index in [1.165, 1.54) is 6.33 Å². The van der Waals surface area contributed by atoms with Gasteiger partial charge in [0, 0.05) is 5.75 Å². The van der Waals surface area contributed by atoms with E-state index in [0.717, 1.165) is 28.0 Å². The molecule has 18 heavy (non-hydrogen) atoms. The van der Waals surface area contributed by atoms with Crippen molar-refractivity contribution in [1.29, 1.82) is 0 Å². The van der Waals surface area contributed by atoms with Crippen LogP contribution in [0, 0.1) is 0 Å². The average molecular weight is 287 g/mol. The molecule has 5 nitrogen and oxygen atoms in total. The molecule has 0 atom stereocenters. The molecular weight excluding hydrogens is 273 g/mol. The Morgan fingerprint density at radius 1 is 1.33 bits per heavy atom. The van der Waals surface area contributed by atoms with Crippen LogP contribution in [0.25, 0.3) is 0 Å². The molecule has 0 fully saturated rings. The minimum atomic E-state index is -0.419. The molecule has 0 saturated carbocycles. The van der Waals surface area contributed by atoms with Crippen LogP contribution in [0.5, 0.6) is 0 Å². The van der Waals surface area contributed by atoms with Crippen LogP contribution in [-0.4, -0.2) is 31.6 Å². The lowest BCUT2D eigenvalue weighted by Gasteiger charge is -2.02. The SMILES string of the molecule is CCc1nnc(CSCc2ncnn2CCF)s1. The Morgan fingerprint density at radius 2 is 2.17 bits per heavy atom. The van der Waals surface area contributed by atoms with E-state index in [2.05, 4.69) is 27.2 Å². The Bertz CT molecular complexity index is 484. The fraction of sp³-hybridized carbons (Fsp3) is 0.600. The summed E-state index contributed by atoms with van der Waals surface area (Å²) in [5.74, 6) is 2.32. The summed E-state index contributed by atoms with van der Waals surface area (Å²) >= 11 is 3.33. The highest BCUT2D eigenvalue weighted by molar-refractivity contribution is 7.97. The maximum Gasteiger partial charge on any atom is 0.138 e. The molecule has 0 aliphatic rings. The van der Waals surface area contributed by atoms with Crippen LogP contribution in [0.3, 0.4) is 0 Å². The quantitative estimate of drug-likeness (QED) is 0.780. The Hall–Kier alpha value is -1.02. The van der Waals surface area contributed by atoms with E-state index in [4.69, 9.17) is 0 Å². The zero-order chi connectivity index (χ0) is 12.8. The van der Waals surface area contributed by atoms with Gasteiger partial charge < -0.3 is 0 Å². The summed E-state index contributed by atoms with van der Waals surface area (Å²) in [5, 5.41) is 14.2. The standard InChI is InChI=1S/C10H14FN5S2/c1-2-9-14-15-10(18-9)6-17-5-8-12-7-13-16(8)4-3-11/h7H,2-6H2,1H3. The molecule has 0 aliphatic carbocycles. The molecule has 2 aromatic rings. The van der Waals surface area contributed by atoms with Gasteiger partial charge in [-0.2, -0.15) is 5.10 Å². The monoisotopic (exact) mass is 287 g/mol. The van der Waals surface area contributed by atoms with Crippen molar-refractivity contribution >= 4 is 23.1 Å². The van der Waals surface area contributed by atoms with Crippen LogP contribution in [0.15, 0.2) is 6.33 Å². The third-order valence-electron chi connectivity index (χ3n) is 2.26. The second kappa shape index (κ2) is 6.79. The summed E-state index contributed by atoms with van der Waals surface area (Å²) in [5.41, 5.74) is 0. The number of thioether (sulfide) groups is 1. The molecule has 98 valence electrons. The van der Waals surface area contributed by atoms with Crippen molar-refractivity contribution in [2.45, 2.75) is 31.4 Å². The summed E-state index contributed by atoms with van der Waals surface area (Å²) in [6.07, 6.45) is 2.39. The van der Waals surface area contributed by atoms with E-state index < -0.39 is 6.67 Å². The Labute approximate surface area is 113 Å². The van der Waals surface area contributed by atoms with Gasteiger partial charge in [0.1, 0.15) is 28.8 Å². The Morgan fingerprint density at radius 3 is 2.89 bits per heavy atom. The van der Waals surface area contributed by atoms with Crippen LogP contribution in [0.4, 0.5) is 4.39 Å². The fourth-order valence-electron chi connectivity index (χ4n) is 1.39. The van der Waals surface area contributed by atoms with Crippen molar-refractivity contribution in [1.82, 2.24) is 25.0 Å². The third-order valence-corrected chi connectivity index (χ3v) is 4.45. The van der Waals surface area contributed by atoms with Gasteiger partial charge in [0.25, 0.3) is 0 Å². The van der Waals surface area contributed by atoms with Crippen LogP contribution < -0.4 is 0 Å². The fourth-order valence-corrected chi connectivity index (χ4v) is 3.19. The highest BCUT2D eigenvalue weighted by Gasteiger charge is 2.06. The topological polar surface area (TPSA) is 56.5 Å². The minimum absolute atomic E-state index is 0.273. The first-order valence-corrected chi connectivity index (χ1v) is 7.62. The summed E-state index contributed by atoms with van der Waals surface area (Å²) in [4.78, 5) is 4.12. The van der Waals surface area contributed by atoms with Crippen LogP contribution in [0.2, 0.25) is 0 Å². The maximum absolute atomic E-state index is 12.3. The van der Waals surface area contributed by atoms with E-state index in [1.54, 1.807) is 27.8 Å². The van der Waals surface area contributed by atoms with Crippen LogP contribution in [-0.2, 0) is 24.5 Å². The first-order chi connectivity index (χ1) is 8.83. The number of aryl methyl sites for hydroxylation is 2. The van der Waals surface area contributed by atoms with Crippen LogP contribution in [0.1, 0.15) is 22.8 Å². The summed E-state index contributed by atoms with van der Waals surface area (Å²) in [7, 11) is 0. The van der Waals surface area contributed by atoms with Gasteiger partial charge in [0.05, 0.1) is 12.3 Å². The predicted molar refractivity (Wildman–Crippen MR) is 70.3 cm³/mol. The van der Waals surface area contributed by atoms with Crippen molar-refractivity contribution in [2.24, 2.45) is 0 Å². The first kappa shape index (κ1) is 13.4. The second-order valence-corrected chi connectivity index (χ2v) is 5.66. The molecule has 0 spiro atoms. The number of rotatable bonds is 7. The molecule has 8 heteroatoms. The highest BCUT2D eigenvalue weighted by atomic mass is 32.2. The van der Waals surface area contributed by atoms with Crippen molar-refractivity contribution in [2.75, 3.05) is 6.67 Å². The minimum Gasteiger partial charge on any atom is -0.249 e. The molecule has 0 N–H and O–H groups in total. The highest BCUT2D eigenvalue weighted by Crippen LogP contribution is 2.19. The second-order valence-electron chi connectivity index (χ2n) is 3.52. The molecule has 0 saturated heterocycles. The molecule has 2 rings (SSSR count). The lowest BCUT2D eigenvalue weighted by Crippen LogP contribution is -2.06. The van der Waals surface area contributed by atoms with Gasteiger partial charge in [-0.25, -0.2) is 14.1 Å². The molecule has 0 radical (unpaired) electrons. The zero-order valence-corrected chi connectivity index (χ0v) is 11.7. The van der Waals surface area contributed by atoms with Crippen LogP contribution >= 0.6 is 23.1 Å². The van der Waals surface area contributed by atoms with Gasteiger partial charge >= 0.3 is 0 Å². The van der Waals surface area contributed by atoms with Gasteiger partial charge in [-0.3, -0.25) is 0 Å². The van der Waals surface area contributed by atoms with Crippen molar-refractivity contribution < 1.29 is 4.39 Å². The summed E-state index contributed by atoms with van der Waals surface area (Å²) < 4.78 is 13.9. The van der Waals surface area contributed by atoms with E-state index >= 15 is 0 Å². The lowest BCUT2D eigenvalue weighted by atomic mass is 10.5. The van der Waals surface area contributed by atoms with Crippen molar-refractivity contribution in [3.63, 3.8) is 0 Å². The number of hydrogen-bond donors (Lipinski definition) is 0. The average Bonchev–Trinajstić information content (AvgIpc) is 3.00. The summed E-state index contributed by atoms with van der Waals surface area (Å²) in [6, 6.07) is 0. The van der Waals surface area contributed by atoms with E-state index in [0.29, 0.717) is 5.75 Å².